The smallest absolute Gasteiger partial charge is 0.182 e. The zero-order chi connectivity index (χ0) is 15.9. The Morgan fingerprint density at radius 1 is 0.917 bits per heavy atom. The highest BCUT2D eigenvalue weighted by molar-refractivity contribution is 8.93. The van der Waals surface area contributed by atoms with Crippen LogP contribution in [0.15, 0.2) is 65.7 Å². The van der Waals surface area contributed by atoms with Crippen molar-refractivity contribution in [1.29, 1.82) is 0 Å². The second-order valence-corrected chi connectivity index (χ2v) is 5.82. The number of halogens is 1. The Labute approximate surface area is 154 Å². The molecule has 1 aliphatic rings. The maximum absolute atomic E-state index is 12.7. The summed E-state index contributed by atoms with van der Waals surface area (Å²) < 4.78 is 0. The van der Waals surface area contributed by atoms with Gasteiger partial charge < -0.3 is 4.90 Å². The molecule has 0 N–H and O–H groups in total. The van der Waals surface area contributed by atoms with Crippen LogP contribution in [0.25, 0.3) is 0 Å². The summed E-state index contributed by atoms with van der Waals surface area (Å²) in [6, 6.07) is 19.6. The van der Waals surface area contributed by atoms with E-state index in [1.165, 1.54) is 6.42 Å². The van der Waals surface area contributed by atoms with E-state index in [1.54, 1.807) is 0 Å². The lowest BCUT2D eigenvalue weighted by Crippen LogP contribution is -2.35. The quantitative estimate of drug-likeness (QED) is 0.698. The highest BCUT2D eigenvalue weighted by Crippen LogP contribution is 2.19. The Balaban J connectivity index is 0.00000208. The van der Waals surface area contributed by atoms with E-state index < -0.39 is 0 Å². The number of Topliss-reactive ketones (excluding diaryl/α,β-unsaturated/α-hetero) is 1. The van der Waals surface area contributed by atoms with E-state index in [-0.39, 0.29) is 22.8 Å². The van der Waals surface area contributed by atoms with Crippen LogP contribution >= 0.6 is 17.0 Å². The topological polar surface area (TPSA) is 32.7 Å². The van der Waals surface area contributed by atoms with Crippen LogP contribution in [0.2, 0.25) is 0 Å². The minimum absolute atomic E-state index is 0. The largest absolute Gasteiger partial charge is 0.322 e. The predicted molar refractivity (Wildman–Crippen MR) is 106 cm³/mol. The van der Waals surface area contributed by atoms with E-state index >= 15 is 0 Å². The number of amidine groups is 1. The van der Waals surface area contributed by atoms with Gasteiger partial charge in [-0.25, -0.2) is 0 Å². The molecule has 0 bridgehead atoms. The van der Waals surface area contributed by atoms with Crippen molar-refractivity contribution in [3.63, 3.8) is 0 Å². The number of nitrogens with zero attached hydrogens (tertiary/aromatic N) is 2. The Kier molecular flexibility index (Phi) is 7.19. The molecule has 2 aromatic rings. The predicted octanol–water partition coefficient (Wildman–Crippen LogP) is 4.93. The first kappa shape index (κ1) is 18.4. The summed E-state index contributed by atoms with van der Waals surface area (Å²) in [6.45, 7) is 1.20. The fourth-order valence-electron chi connectivity index (χ4n) is 2.88. The van der Waals surface area contributed by atoms with Gasteiger partial charge in [0, 0.05) is 24.2 Å². The minimum Gasteiger partial charge on any atom is -0.322 e. The normalized spacial score (nSPS) is 14.1. The number of rotatable bonds is 4. The molecule has 0 aliphatic carbocycles. The second-order valence-electron chi connectivity index (χ2n) is 5.82. The second kappa shape index (κ2) is 9.38. The fraction of sp³-hybridized carbons (Fsp3) is 0.300. The van der Waals surface area contributed by atoms with Crippen LogP contribution < -0.4 is 4.90 Å². The molecule has 0 radical (unpaired) electrons. The van der Waals surface area contributed by atoms with Crippen LogP contribution in [-0.2, 0) is 0 Å². The molecule has 3 nitrogen and oxygen atoms in total. The third kappa shape index (κ3) is 4.78. The van der Waals surface area contributed by atoms with Gasteiger partial charge in [-0.2, -0.15) is 0 Å². The molecule has 126 valence electrons. The molecule has 4 heteroatoms. The first-order valence-corrected chi connectivity index (χ1v) is 8.29. The first-order valence-electron chi connectivity index (χ1n) is 8.29. The maximum Gasteiger partial charge on any atom is 0.182 e. The van der Waals surface area contributed by atoms with Crippen molar-refractivity contribution < 1.29 is 4.79 Å². The number of benzene rings is 2. The summed E-state index contributed by atoms with van der Waals surface area (Å²) in [5.74, 6) is 1.17. The molecule has 0 amide bonds. The van der Waals surface area contributed by atoms with Gasteiger partial charge in [0.2, 0.25) is 0 Å². The Bertz CT molecular complexity index is 671. The van der Waals surface area contributed by atoms with Crippen molar-refractivity contribution in [1.82, 2.24) is 0 Å². The molecule has 0 spiro atoms. The summed E-state index contributed by atoms with van der Waals surface area (Å²) in [4.78, 5) is 19.5. The van der Waals surface area contributed by atoms with Crippen molar-refractivity contribution in [2.75, 3.05) is 18.0 Å². The fourth-order valence-corrected chi connectivity index (χ4v) is 2.88. The van der Waals surface area contributed by atoms with Crippen LogP contribution in [-0.4, -0.2) is 24.7 Å². The number of carbonyl (C=O) groups excluding carboxylic acids is 1. The molecule has 24 heavy (non-hydrogen) atoms. The van der Waals surface area contributed by atoms with Crippen molar-refractivity contribution in [3.8, 4) is 0 Å². The van der Waals surface area contributed by atoms with E-state index in [1.807, 2.05) is 60.7 Å². The summed E-state index contributed by atoms with van der Waals surface area (Å²) in [5, 5.41) is 0. The van der Waals surface area contributed by atoms with Crippen LogP contribution in [0.4, 0.5) is 5.69 Å². The highest BCUT2D eigenvalue weighted by atomic mass is 79.9. The average molecular weight is 387 g/mol. The van der Waals surface area contributed by atoms with Crippen molar-refractivity contribution >= 4 is 34.3 Å². The molecule has 3 rings (SSSR count). The van der Waals surface area contributed by atoms with Gasteiger partial charge in [0.05, 0.1) is 6.54 Å². The minimum atomic E-state index is 0. The molecule has 0 unspecified atom stereocenters. The van der Waals surface area contributed by atoms with Crippen LogP contribution in [0.5, 0.6) is 0 Å². The number of para-hydroxylation sites is 1. The highest BCUT2D eigenvalue weighted by Gasteiger charge is 2.19. The van der Waals surface area contributed by atoms with Crippen LogP contribution in [0.3, 0.4) is 0 Å². The van der Waals surface area contributed by atoms with E-state index in [9.17, 15) is 4.79 Å². The van der Waals surface area contributed by atoms with E-state index in [4.69, 9.17) is 4.99 Å². The lowest BCUT2D eigenvalue weighted by atomic mass is 10.1. The van der Waals surface area contributed by atoms with E-state index in [0.717, 1.165) is 42.9 Å². The molecule has 1 heterocycles. The SMILES string of the molecule is Br.O=C(CN(C1=NCCCCC1)c1ccccc1)c1ccccc1. The van der Waals surface area contributed by atoms with Crippen molar-refractivity contribution in [3.05, 3.63) is 66.2 Å². The molecule has 0 saturated carbocycles. The van der Waals surface area contributed by atoms with Crippen LogP contribution in [0.1, 0.15) is 36.0 Å². The van der Waals surface area contributed by atoms with Gasteiger partial charge in [-0.05, 0) is 25.0 Å². The molecular formula is C20H23BrN2O. The van der Waals surface area contributed by atoms with Crippen LogP contribution in [0, 0.1) is 0 Å². The molecule has 0 saturated heterocycles. The third-order valence-corrected chi connectivity index (χ3v) is 4.13. The average Bonchev–Trinajstić information content (AvgIpc) is 2.90. The van der Waals surface area contributed by atoms with Crippen molar-refractivity contribution in [2.45, 2.75) is 25.7 Å². The van der Waals surface area contributed by atoms with E-state index in [2.05, 4.69) is 4.90 Å². The zero-order valence-corrected chi connectivity index (χ0v) is 15.4. The Morgan fingerprint density at radius 3 is 2.29 bits per heavy atom. The number of ketones is 1. The number of carbonyl (C=O) groups is 1. The van der Waals surface area contributed by atoms with Gasteiger partial charge >= 0.3 is 0 Å². The van der Waals surface area contributed by atoms with E-state index in [0.29, 0.717) is 6.54 Å². The summed E-state index contributed by atoms with van der Waals surface area (Å²) >= 11 is 0. The molecule has 0 fully saturated rings. The molecule has 0 aromatic heterocycles. The van der Waals surface area contributed by atoms with Gasteiger partial charge in [0.1, 0.15) is 5.84 Å². The number of hydrogen-bond donors (Lipinski definition) is 0. The lowest BCUT2D eigenvalue weighted by Gasteiger charge is -2.25. The number of aliphatic imine (C=N–C) groups is 1. The molecule has 1 aliphatic heterocycles. The first-order chi connectivity index (χ1) is 11.3. The summed E-state index contributed by atoms with van der Waals surface area (Å²) in [7, 11) is 0. The van der Waals surface area contributed by atoms with Gasteiger partial charge in [0.25, 0.3) is 0 Å². The van der Waals surface area contributed by atoms with Gasteiger partial charge in [-0.3, -0.25) is 9.79 Å². The number of hydrogen-bond acceptors (Lipinski definition) is 3. The Hall–Kier alpha value is -1.94. The van der Waals surface area contributed by atoms with Gasteiger partial charge in [-0.1, -0.05) is 55.0 Å². The monoisotopic (exact) mass is 386 g/mol. The maximum atomic E-state index is 12.7. The van der Waals surface area contributed by atoms with Gasteiger partial charge in [-0.15, -0.1) is 17.0 Å². The molecule has 2 aromatic carbocycles. The Morgan fingerprint density at radius 2 is 1.58 bits per heavy atom. The lowest BCUT2D eigenvalue weighted by molar-refractivity contribution is 0.100. The summed E-state index contributed by atoms with van der Waals surface area (Å²) in [5.41, 5.74) is 1.79. The van der Waals surface area contributed by atoms with Gasteiger partial charge in [0.15, 0.2) is 5.78 Å². The standard InChI is InChI=1S/C20H22N2O.BrH/c23-19(17-10-4-1-5-11-17)16-22(18-12-6-2-7-13-18)20-14-8-3-9-15-21-20;/h1-2,4-7,10-13H,3,8-9,14-16H2;1H. The molecular weight excluding hydrogens is 364 g/mol. The zero-order valence-electron chi connectivity index (χ0n) is 13.7. The number of anilines is 1. The molecule has 0 atom stereocenters. The summed E-state index contributed by atoms with van der Waals surface area (Å²) in [6.07, 6.45) is 4.43. The third-order valence-electron chi connectivity index (χ3n) is 4.13. The van der Waals surface area contributed by atoms with Crippen molar-refractivity contribution in [2.24, 2.45) is 4.99 Å².